The average molecular weight is 398 g/mol. The highest BCUT2D eigenvalue weighted by Gasteiger charge is 2.28. The molecule has 0 aliphatic carbocycles. The molecule has 5 rings (SSSR count). The number of aromatic nitrogens is 2. The first-order chi connectivity index (χ1) is 14.2. The molecule has 0 saturated carbocycles. The lowest BCUT2D eigenvalue weighted by molar-refractivity contribution is 0.161. The molecule has 2 saturated heterocycles. The second-order valence-electron chi connectivity index (χ2n) is 8.22. The van der Waals surface area contributed by atoms with E-state index in [1.807, 2.05) is 0 Å². The first-order valence-corrected chi connectivity index (χ1v) is 10.6. The highest BCUT2D eigenvalue weighted by molar-refractivity contribution is 5.44. The molecule has 0 spiro atoms. The van der Waals surface area contributed by atoms with Crippen LogP contribution in [0.15, 0.2) is 24.3 Å². The summed E-state index contributed by atoms with van der Waals surface area (Å²) in [6.45, 7) is 6.51. The molecular weight excluding hydrogens is 371 g/mol. The number of anilines is 1. The van der Waals surface area contributed by atoms with Crippen LogP contribution in [0.4, 0.5) is 10.3 Å². The van der Waals surface area contributed by atoms with E-state index in [4.69, 9.17) is 19.4 Å². The fourth-order valence-corrected chi connectivity index (χ4v) is 4.43. The quantitative estimate of drug-likeness (QED) is 0.770. The summed E-state index contributed by atoms with van der Waals surface area (Å²) in [5.74, 6) is 2.29. The first kappa shape index (κ1) is 18.8. The predicted octanol–water partition coefficient (Wildman–Crippen LogP) is 3.40. The van der Waals surface area contributed by atoms with E-state index >= 15 is 0 Å². The molecule has 154 valence electrons. The molecule has 29 heavy (non-hydrogen) atoms. The molecule has 2 fully saturated rings. The van der Waals surface area contributed by atoms with Crippen molar-refractivity contribution in [2.75, 3.05) is 44.3 Å². The Hall–Kier alpha value is -2.25. The normalized spacial score (nSPS) is 22.1. The molecule has 0 unspecified atom stereocenters. The zero-order valence-electron chi connectivity index (χ0n) is 16.6. The van der Waals surface area contributed by atoms with Gasteiger partial charge in [0, 0.05) is 45.8 Å². The van der Waals surface area contributed by atoms with E-state index in [1.165, 1.54) is 25.0 Å². The number of hydrogen-bond donors (Lipinski definition) is 0. The van der Waals surface area contributed by atoms with E-state index in [0.717, 1.165) is 76.0 Å². The lowest BCUT2D eigenvalue weighted by Crippen LogP contribution is -2.36. The van der Waals surface area contributed by atoms with Crippen LogP contribution >= 0.6 is 0 Å². The van der Waals surface area contributed by atoms with Crippen molar-refractivity contribution >= 4 is 5.95 Å². The summed E-state index contributed by atoms with van der Waals surface area (Å²) >= 11 is 0. The lowest BCUT2D eigenvalue weighted by Gasteiger charge is -2.31. The fourth-order valence-electron chi connectivity index (χ4n) is 4.43. The summed E-state index contributed by atoms with van der Waals surface area (Å²) < 4.78 is 25.0. The number of ether oxygens (including phenoxy) is 2. The van der Waals surface area contributed by atoms with Gasteiger partial charge in [-0.05, 0) is 49.4 Å². The van der Waals surface area contributed by atoms with Crippen LogP contribution in [0, 0.1) is 11.7 Å². The smallest absolute Gasteiger partial charge is 0.228 e. The van der Waals surface area contributed by atoms with E-state index in [1.54, 1.807) is 12.1 Å². The van der Waals surface area contributed by atoms with Crippen molar-refractivity contribution in [2.45, 2.75) is 32.2 Å². The second kappa shape index (κ2) is 8.24. The molecule has 3 aliphatic rings. The molecule has 0 N–H and O–H groups in total. The van der Waals surface area contributed by atoms with Gasteiger partial charge in [0.25, 0.3) is 0 Å². The molecule has 1 aromatic carbocycles. The van der Waals surface area contributed by atoms with E-state index in [0.29, 0.717) is 17.5 Å². The monoisotopic (exact) mass is 398 g/mol. The standard InChI is InChI=1S/C22H27FN4O2/c23-17-3-5-18(6-4-17)29-21-19-14-26(13-16-8-12-28-15-16)11-7-20(19)24-22(25-21)27-9-1-2-10-27/h3-6,16H,1-2,7-15H2/t16-/m0/s1. The Kier molecular flexibility index (Phi) is 5.33. The third kappa shape index (κ3) is 4.21. The molecule has 1 atom stereocenters. The molecule has 0 amide bonds. The van der Waals surface area contributed by atoms with E-state index in [-0.39, 0.29) is 5.82 Å². The molecule has 4 heterocycles. The van der Waals surface area contributed by atoms with E-state index in [2.05, 4.69) is 9.80 Å². The zero-order chi connectivity index (χ0) is 19.6. The van der Waals surface area contributed by atoms with E-state index in [9.17, 15) is 4.39 Å². The van der Waals surface area contributed by atoms with Crippen LogP contribution in [0.2, 0.25) is 0 Å². The van der Waals surface area contributed by atoms with Gasteiger partial charge in [0.05, 0.1) is 17.9 Å². The molecular formula is C22H27FN4O2. The largest absolute Gasteiger partial charge is 0.438 e. The van der Waals surface area contributed by atoms with Crippen LogP contribution in [-0.2, 0) is 17.7 Å². The SMILES string of the molecule is Fc1ccc(Oc2nc(N3CCCC3)nc3c2CN(C[C@@H]2CCOC2)CC3)cc1. The molecule has 0 radical (unpaired) electrons. The van der Waals surface area contributed by atoms with Gasteiger partial charge < -0.3 is 14.4 Å². The van der Waals surface area contributed by atoms with Gasteiger partial charge in [-0.15, -0.1) is 0 Å². The summed E-state index contributed by atoms with van der Waals surface area (Å²) in [5.41, 5.74) is 2.14. The van der Waals surface area contributed by atoms with Crippen LogP contribution in [-0.4, -0.2) is 54.3 Å². The third-order valence-electron chi connectivity index (χ3n) is 6.05. The van der Waals surface area contributed by atoms with Gasteiger partial charge in [-0.1, -0.05) is 0 Å². The van der Waals surface area contributed by atoms with Gasteiger partial charge >= 0.3 is 0 Å². The minimum Gasteiger partial charge on any atom is -0.438 e. The van der Waals surface area contributed by atoms with Gasteiger partial charge in [-0.2, -0.15) is 4.98 Å². The Balaban J connectivity index is 1.43. The Labute approximate surface area is 170 Å². The number of benzene rings is 1. The number of hydrogen-bond acceptors (Lipinski definition) is 6. The zero-order valence-corrected chi connectivity index (χ0v) is 16.6. The third-order valence-corrected chi connectivity index (χ3v) is 6.05. The summed E-state index contributed by atoms with van der Waals surface area (Å²) in [6, 6.07) is 6.12. The van der Waals surface area contributed by atoms with Gasteiger partial charge in [0.2, 0.25) is 11.8 Å². The van der Waals surface area contributed by atoms with E-state index < -0.39 is 0 Å². The molecule has 2 aromatic rings. The number of rotatable bonds is 5. The van der Waals surface area contributed by atoms with Crippen molar-refractivity contribution in [3.63, 3.8) is 0 Å². The minimum atomic E-state index is -0.273. The number of halogens is 1. The van der Waals surface area contributed by atoms with Gasteiger partial charge in [0.15, 0.2) is 0 Å². The summed E-state index contributed by atoms with van der Waals surface area (Å²) in [6.07, 6.45) is 4.37. The fraction of sp³-hybridized carbons (Fsp3) is 0.545. The Morgan fingerprint density at radius 3 is 2.69 bits per heavy atom. The summed E-state index contributed by atoms with van der Waals surface area (Å²) in [7, 11) is 0. The van der Waals surface area contributed by atoms with Crippen LogP contribution in [0.5, 0.6) is 11.6 Å². The van der Waals surface area contributed by atoms with Crippen molar-refractivity contribution in [3.05, 3.63) is 41.3 Å². The summed E-state index contributed by atoms with van der Waals surface area (Å²) in [5, 5.41) is 0. The van der Waals surface area contributed by atoms with Gasteiger partial charge in [-0.25, -0.2) is 9.37 Å². The van der Waals surface area contributed by atoms with Crippen LogP contribution < -0.4 is 9.64 Å². The van der Waals surface area contributed by atoms with Gasteiger partial charge in [0.1, 0.15) is 11.6 Å². The maximum Gasteiger partial charge on any atom is 0.228 e. The number of nitrogens with zero attached hydrogens (tertiary/aromatic N) is 4. The van der Waals surface area contributed by atoms with Crippen LogP contribution in [0.1, 0.15) is 30.5 Å². The second-order valence-corrected chi connectivity index (χ2v) is 8.22. The highest BCUT2D eigenvalue weighted by atomic mass is 19.1. The van der Waals surface area contributed by atoms with Crippen LogP contribution in [0.3, 0.4) is 0 Å². The molecule has 1 aromatic heterocycles. The topological polar surface area (TPSA) is 50.7 Å². The predicted molar refractivity (Wildman–Crippen MR) is 108 cm³/mol. The molecule has 3 aliphatic heterocycles. The average Bonchev–Trinajstić information content (AvgIpc) is 3.44. The summed E-state index contributed by atoms with van der Waals surface area (Å²) in [4.78, 5) is 14.4. The van der Waals surface area contributed by atoms with Gasteiger partial charge in [-0.3, -0.25) is 4.90 Å². The Morgan fingerprint density at radius 2 is 1.93 bits per heavy atom. The maximum absolute atomic E-state index is 13.3. The first-order valence-electron chi connectivity index (χ1n) is 10.6. The van der Waals surface area contributed by atoms with Crippen molar-refractivity contribution in [1.82, 2.24) is 14.9 Å². The molecule has 7 heteroatoms. The van der Waals surface area contributed by atoms with Crippen molar-refractivity contribution in [3.8, 4) is 11.6 Å². The maximum atomic E-state index is 13.3. The molecule has 0 bridgehead atoms. The Morgan fingerprint density at radius 1 is 1.10 bits per heavy atom. The highest BCUT2D eigenvalue weighted by Crippen LogP contribution is 2.32. The Bertz CT molecular complexity index is 849. The lowest BCUT2D eigenvalue weighted by atomic mass is 10.0. The minimum absolute atomic E-state index is 0.273. The molecule has 6 nitrogen and oxygen atoms in total. The van der Waals surface area contributed by atoms with Crippen molar-refractivity contribution in [1.29, 1.82) is 0 Å². The van der Waals surface area contributed by atoms with Crippen molar-refractivity contribution < 1.29 is 13.9 Å². The van der Waals surface area contributed by atoms with Crippen LogP contribution in [0.25, 0.3) is 0 Å². The van der Waals surface area contributed by atoms with Crippen molar-refractivity contribution in [2.24, 2.45) is 5.92 Å². The number of fused-ring (bicyclic) bond motifs is 1.